The molecule has 9 aromatic carbocycles. The van der Waals surface area contributed by atoms with Crippen LogP contribution in [-0.2, 0) is 13.0 Å². The van der Waals surface area contributed by atoms with Crippen LogP contribution in [0.5, 0.6) is 0 Å². The molecule has 0 atom stereocenters. The minimum absolute atomic E-state index is 0.681. The van der Waals surface area contributed by atoms with E-state index < -0.39 is 0 Å². The van der Waals surface area contributed by atoms with Crippen LogP contribution in [0.15, 0.2) is 195 Å². The molecule has 0 saturated carbocycles. The van der Waals surface area contributed by atoms with Crippen molar-refractivity contribution in [3.05, 3.63) is 211 Å². The Kier molecular flexibility index (Phi) is 9.33. The predicted octanol–water partition coefficient (Wildman–Crippen LogP) is 13.6. The zero-order valence-corrected chi connectivity index (χ0v) is 29.5. The second kappa shape index (κ2) is 14.8. The number of benzene rings is 9. The second-order valence-corrected chi connectivity index (χ2v) is 13.3. The zero-order valence-electron chi connectivity index (χ0n) is 29.5. The standard InChI is InChI=1S/C43H31N.C8H10/c1-29(31-14-4-2-5-15-31)44-28-30-24-33(32-16-6-3-7-17-32)26-34(25-30)41-27-42-37-20-9-8-18-35(37)36-19-10-12-22-39(36)43(42)40-23-13-11-21-38(40)41;1-2-8-6-4-3-5-7-8/h2-27,44H,1,28H2;3-7H,2H2,1H3. The molecule has 0 saturated heterocycles. The van der Waals surface area contributed by atoms with Crippen molar-refractivity contribution in [3.8, 4) is 22.3 Å². The lowest BCUT2D eigenvalue weighted by molar-refractivity contribution is 0.892. The van der Waals surface area contributed by atoms with Gasteiger partial charge in [0, 0.05) is 12.2 Å². The molecule has 9 rings (SSSR count). The first kappa shape index (κ1) is 32.7. The highest BCUT2D eigenvalue weighted by Gasteiger charge is 2.16. The van der Waals surface area contributed by atoms with Crippen molar-refractivity contribution in [2.24, 2.45) is 0 Å². The quantitative estimate of drug-likeness (QED) is 0.167. The lowest BCUT2D eigenvalue weighted by atomic mass is 9.86. The van der Waals surface area contributed by atoms with Gasteiger partial charge in [-0.15, -0.1) is 0 Å². The SMILES string of the molecule is C=C(NCc1cc(-c2ccccc2)cc(-c2cc3c4ccccc4c4ccccc4c3c3ccccc23)c1)c1ccccc1.CCc1ccccc1. The van der Waals surface area contributed by atoms with Crippen molar-refractivity contribution in [1.82, 2.24) is 5.32 Å². The molecule has 0 unspecified atom stereocenters. The molecule has 0 aromatic heterocycles. The molecular weight excluding hydrogens is 627 g/mol. The molecule has 1 N–H and O–H groups in total. The molecule has 0 heterocycles. The summed E-state index contributed by atoms with van der Waals surface area (Å²) in [5.41, 5.74) is 9.52. The summed E-state index contributed by atoms with van der Waals surface area (Å²) in [6.45, 7) is 7.16. The number of fused-ring (bicyclic) bond motifs is 8. The molecule has 0 aliphatic heterocycles. The minimum atomic E-state index is 0.681. The summed E-state index contributed by atoms with van der Waals surface area (Å²) in [4.78, 5) is 0. The van der Waals surface area contributed by atoms with Gasteiger partial charge in [-0.3, -0.25) is 0 Å². The van der Waals surface area contributed by atoms with Crippen molar-refractivity contribution < 1.29 is 0 Å². The maximum Gasteiger partial charge on any atom is 0.0401 e. The third-order valence-corrected chi connectivity index (χ3v) is 10.0. The first-order chi connectivity index (χ1) is 25.7. The van der Waals surface area contributed by atoms with Gasteiger partial charge in [-0.05, 0) is 113 Å². The molecule has 9 aromatic rings. The third-order valence-electron chi connectivity index (χ3n) is 10.0. The molecule has 250 valence electrons. The second-order valence-electron chi connectivity index (χ2n) is 13.3. The van der Waals surface area contributed by atoms with E-state index in [0.29, 0.717) is 6.54 Å². The van der Waals surface area contributed by atoms with Crippen LogP contribution in [0.4, 0.5) is 0 Å². The van der Waals surface area contributed by atoms with E-state index in [2.05, 4.69) is 183 Å². The van der Waals surface area contributed by atoms with Gasteiger partial charge in [-0.25, -0.2) is 0 Å². The normalized spacial score (nSPS) is 11.0. The summed E-state index contributed by atoms with van der Waals surface area (Å²) in [5.74, 6) is 0. The fourth-order valence-corrected chi connectivity index (χ4v) is 7.42. The van der Waals surface area contributed by atoms with Crippen molar-refractivity contribution in [2.75, 3.05) is 0 Å². The van der Waals surface area contributed by atoms with Crippen LogP contribution in [-0.4, -0.2) is 0 Å². The molecule has 0 aliphatic rings. The van der Waals surface area contributed by atoms with E-state index in [-0.39, 0.29) is 0 Å². The van der Waals surface area contributed by atoms with Crippen LogP contribution in [0.3, 0.4) is 0 Å². The number of aryl methyl sites for hydroxylation is 1. The fourth-order valence-electron chi connectivity index (χ4n) is 7.42. The fraction of sp³-hybridized carbons (Fsp3) is 0.0588. The van der Waals surface area contributed by atoms with Gasteiger partial charge >= 0.3 is 0 Å². The Balaban J connectivity index is 0.000000430. The molecular formula is C51H41N. The van der Waals surface area contributed by atoms with Crippen LogP contribution in [0.1, 0.15) is 23.6 Å². The van der Waals surface area contributed by atoms with Gasteiger partial charge in [0.1, 0.15) is 0 Å². The van der Waals surface area contributed by atoms with E-state index in [1.807, 2.05) is 24.3 Å². The number of hydrogen-bond acceptors (Lipinski definition) is 1. The molecule has 52 heavy (non-hydrogen) atoms. The van der Waals surface area contributed by atoms with Gasteiger partial charge in [0.15, 0.2) is 0 Å². The molecule has 1 heteroatoms. The average molecular weight is 668 g/mol. The average Bonchev–Trinajstić information content (AvgIpc) is 3.23. The van der Waals surface area contributed by atoms with E-state index in [1.54, 1.807) is 0 Å². The summed E-state index contributed by atoms with van der Waals surface area (Å²) in [7, 11) is 0. The van der Waals surface area contributed by atoms with E-state index in [9.17, 15) is 0 Å². The van der Waals surface area contributed by atoms with Crippen molar-refractivity contribution in [3.63, 3.8) is 0 Å². The third kappa shape index (κ3) is 6.57. The maximum absolute atomic E-state index is 4.32. The Hall–Kier alpha value is -6.44. The molecule has 1 nitrogen and oxygen atoms in total. The zero-order chi connectivity index (χ0) is 35.3. The topological polar surface area (TPSA) is 12.0 Å². The van der Waals surface area contributed by atoms with Gasteiger partial charge < -0.3 is 5.32 Å². The molecule has 0 radical (unpaired) electrons. The Morgan fingerprint density at radius 3 is 1.52 bits per heavy atom. The van der Waals surface area contributed by atoms with E-state index in [1.165, 1.54) is 76.5 Å². The van der Waals surface area contributed by atoms with Crippen LogP contribution in [0, 0.1) is 0 Å². The Labute approximate surface area is 306 Å². The lowest BCUT2D eigenvalue weighted by Crippen LogP contribution is -2.11. The van der Waals surface area contributed by atoms with Gasteiger partial charge in [0.05, 0.1) is 0 Å². The number of hydrogen-bond donors (Lipinski definition) is 1. The van der Waals surface area contributed by atoms with E-state index in [4.69, 9.17) is 0 Å². The van der Waals surface area contributed by atoms with E-state index >= 15 is 0 Å². The van der Waals surface area contributed by atoms with Crippen LogP contribution in [0.2, 0.25) is 0 Å². The van der Waals surface area contributed by atoms with Crippen LogP contribution < -0.4 is 5.32 Å². The molecule has 0 bridgehead atoms. The van der Waals surface area contributed by atoms with Gasteiger partial charge in [0.2, 0.25) is 0 Å². The van der Waals surface area contributed by atoms with Crippen molar-refractivity contribution in [2.45, 2.75) is 19.9 Å². The first-order valence-electron chi connectivity index (χ1n) is 18.1. The molecule has 0 fully saturated rings. The highest BCUT2D eigenvalue weighted by atomic mass is 14.9. The Morgan fingerprint density at radius 2 is 0.904 bits per heavy atom. The number of nitrogens with one attached hydrogen (secondary N) is 1. The van der Waals surface area contributed by atoms with Crippen molar-refractivity contribution in [1.29, 1.82) is 0 Å². The Bertz CT molecular complexity index is 2660. The summed E-state index contributed by atoms with van der Waals surface area (Å²) in [6.07, 6.45) is 1.14. The first-order valence-corrected chi connectivity index (χ1v) is 18.1. The highest BCUT2D eigenvalue weighted by molar-refractivity contribution is 6.33. The summed E-state index contributed by atoms with van der Waals surface area (Å²) in [5, 5.41) is 13.9. The van der Waals surface area contributed by atoms with Gasteiger partial charge in [-0.1, -0.05) is 177 Å². The van der Waals surface area contributed by atoms with Gasteiger partial charge in [0.25, 0.3) is 0 Å². The summed E-state index contributed by atoms with van der Waals surface area (Å²) >= 11 is 0. The largest absolute Gasteiger partial charge is 0.381 e. The molecule has 0 aliphatic carbocycles. The molecule has 0 spiro atoms. The van der Waals surface area contributed by atoms with Gasteiger partial charge in [-0.2, -0.15) is 0 Å². The monoisotopic (exact) mass is 667 g/mol. The van der Waals surface area contributed by atoms with Crippen LogP contribution in [0.25, 0.3) is 71.0 Å². The Morgan fingerprint density at radius 1 is 0.423 bits per heavy atom. The summed E-state index contributed by atoms with van der Waals surface area (Å²) < 4.78 is 0. The lowest BCUT2D eigenvalue weighted by Gasteiger charge is -2.18. The maximum atomic E-state index is 4.32. The smallest absolute Gasteiger partial charge is 0.0401 e. The van der Waals surface area contributed by atoms with Crippen LogP contribution >= 0.6 is 0 Å². The minimum Gasteiger partial charge on any atom is -0.381 e. The predicted molar refractivity (Wildman–Crippen MR) is 225 cm³/mol. The number of rotatable bonds is 7. The van der Waals surface area contributed by atoms with E-state index in [0.717, 1.165) is 17.7 Å². The molecule has 0 amide bonds. The summed E-state index contributed by atoms with van der Waals surface area (Å²) in [6, 6.07) is 67.4. The highest BCUT2D eigenvalue weighted by Crippen LogP contribution is 2.43. The van der Waals surface area contributed by atoms with Crippen molar-refractivity contribution >= 4 is 48.8 Å².